The van der Waals surface area contributed by atoms with Crippen molar-refractivity contribution in [3.05, 3.63) is 79.9 Å². The molecule has 0 atom stereocenters. The topological polar surface area (TPSA) is 80.4 Å². The fraction of sp³-hybridized carbons (Fsp3) is 0.190. The van der Waals surface area contributed by atoms with Crippen molar-refractivity contribution >= 4 is 23.6 Å². The maximum Gasteiger partial charge on any atom is 0.270 e. The zero-order valence-electron chi connectivity index (χ0n) is 14.7. The number of rotatable bonds is 3. The number of benzene rings is 2. The molecule has 5 heteroatoms. The van der Waals surface area contributed by atoms with Crippen LogP contribution < -0.4 is 0 Å². The van der Waals surface area contributed by atoms with Crippen LogP contribution in [-0.4, -0.2) is 15.8 Å². The minimum atomic E-state index is -0.445. The summed E-state index contributed by atoms with van der Waals surface area (Å²) in [6.45, 7) is 3.66. The predicted octanol–water partition coefficient (Wildman–Crippen LogP) is 4.75. The fourth-order valence-electron chi connectivity index (χ4n) is 3.18. The first-order valence-electron chi connectivity index (χ1n) is 8.35. The number of ketones is 1. The number of hydrogen-bond acceptors (Lipinski definition) is 4. The highest BCUT2D eigenvalue weighted by Crippen LogP contribution is 2.31. The number of nitro groups is 1. The second-order valence-electron chi connectivity index (χ2n) is 6.52. The number of aryl methyl sites for hydroxylation is 2. The van der Waals surface area contributed by atoms with E-state index >= 15 is 0 Å². The highest BCUT2D eigenvalue weighted by Gasteiger charge is 2.23. The summed E-state index contributed by atoms with van der Waals surface area (Å²) in [5, 5.41) is 20.7. The van der Waals surface area contributed by atoms with Crippen LogP contribution in [-0.2, 0) is 4.79 Å². The lowest BCUT2D eigenvalue weighted by Gasteiger charge is -2.05. The first kappa shape index (κ1) is 17.6. The van der Waals surface area contributed by atoms with Crippen molar-refractivity contribution in [3.63, 3.8) is 0 Å². The minimum Gasteiger partial charge on any atom is -0.507 e. The van der Waals surface area contributed by atoms with Crippen LogP contribution >= 0.6 is 0 Å². The van der Waals surface area contributed by atoms with Crippen molar-refractivity contribution in [1.82, 2.24) is 0 Å². The van der Waals surface area contributed by atoms with Crippen molar-refractivity contribution in [2.45, 2.75) is 26.7 Å². The van der Waals surface area contributed by atoms with E-state index in [2.05, 4.69) is 0 Å². The average Bonchev–Trinajstić information content (AvgIpc) is 2.93. The van der Waals surface area contributed by atoms with Crippen LogP contribution in [0.1, 0.15) is 35.1 Å². The number of aromatic hydroxyl groups is 1. The minimum absolute atomic E-state index is 0.00982. The number of non-ortho nitro benzene ring substituents is 1. The van der Waals surface area contributed by atoms with E-state index in [9.17, 15) is 20.0 Å². The lowest BCUT2D eigenvalue weighted by Crippen LogP contribution is -1.96. The number of nitro benzene ring substituents is 1. The smallest absolute Gasteiger partial charge is 0.270 e. The lowest BCUT2D eigenvalue weighted by atomic mass is 10.0. The quantitative estimate of drug-likeness (QED) is 0.493. The van der Waals surface area contributed by atoms with Gasteiger partial charge in [0.1, 0.15) is 5.75 Å². The third-order valence-electron chi connectivity index (χ3n) is 4.52. The van der Waals surface area contributed by atoms with Gasteiger partial charge in [0.25, 0.3) is 5.69 Å². The average molecular weight is 349 g/mol. The Bertz CT molecular complexity index is 947. The number of Topliss-reactive ketones (excluding diaryl/α,β-unsaturated/α-hetero) is 1. The van der Waals surface area contributed by atoms with Crippen LogP contribution in [0.2, 0.25) is 0 Å². The molecule has 1 aliphatic rings. The molecule has 1 N–H and O–H groups in total. The second-order valence-corrected chi connectivity index (χ2v) is 6.52. The molecule has 0 aliphatic heterocycles. The van der Waals surface area contributed by atoms with Crippen molar-refractivity contribution in [1.29, 1.82) is 0 Å². The van der Waals surface area contributed by atoms with Gasteiger partial charge in [-0.3, -0.25) is 14.9 Å². The number of phenols is 1. The van der Waals surface area contributed by atoms with Gasteiger partial charge in [-0.25, -0.2) is 0 Å². The number of carbonyl (C=O) groups is 1. The Morgan fingerprint density at radius 3 is 2.15 bits per heavy atom. The Hall–Kier alpha value is -3.21. The Kier molecular flexibility index (Phi) is 4.71. The molecule has 1 fully saturated rings. The highest BCUT2D eigenvalue weighted by atomic mass is 16.6. The van der Waals surface area contributed by atoms with E-state index in [1.165, 1.54) is 12.1 Å². The van der Waals surface area contributed by atoms with Gasteiger partial charge in [-0.2, -0.15) is 0 Å². The first-order valence-corrected chi connectivity index (χ1v) is 8.35. The number of hydrogen-bond donors (Lipinski definition) is 1. The van der Waals surface area contributed by atoms with Gasteiger partial charge in [-0.05, 0) is 73.2 Å². The molecule has 0 aromatic heterocycles. The summed E-state index contributed by atoms with van der Waals surface area (Å²) in [6, 6.07) is 9.97. The molecular formula is C21H19NO4. The Labute approximate surface area is 151 Å². The van der Waals surface area contributed by atoms with Gasteiger partial charge in [-0.15, -0.1) is 0 Å². The van der Waals surface area contributed by atoms with Gasteiger partial charge in [-0.1, -0.05) is 12.1 Å². The van der Waals surface area contributed by atoms with Crippen molar-refractivity contribution in [2.24, 2.45) is 0 Å². The molecule has 26 heavy (non-hydrogen) atoms. The van der Waals surface area contributed by atoms with E-state index in [4.69, 9.17) is 0 Å². The van der Waals surface area contributed by atoms with Crippen LogP contribution in [0.25, 0.3) is 12.2 Å². The first-order chi connectivity index (χ1) is 12.3. The lowest BCUT2D eigenvalue weighted by molar-refractivity contribution is -0.384. The summed E-state index contributed by atoms with van der Waals surface area (Å²) in [4.78, 5) is 23.1. The molecule has 3 rings (SSSR count). The summed E-state index contributed by atoms with van der Waals surface area (Å²) in [5.74, 6) is 0.246. The largest absolute Gasteiger partial charge is 0.507 e. The van der Waals surface area contributed by atoms with E-state index in [1.807, 2.05) is 32.1 Å². The molecule has 1 saturated carbocycles. The van der Waals surface area contributed by atoms with Gasteiger partial charge in [0, 0.05) is 23.3 Å². The zero-order valence-corrected chi connectivity index (χ0v) is 14.7. The molecule has 2 aromatic rings. The molecule has 0 saturated heterocycles. The summed E-state index contributed by atoms with van der Waals surface area (Å²) in [5.41, 5.74) is 4.47. The van der Waals surface area contributed by atoms with E-state index < -0.39 is 4.92 Å². The van der Waals surface area contributed by atoms with Gasteiger partial charge in [0.2, 0.25) is 0 Å². The summed E-state index contributed by atoms with van der Waals surface area (Å²) in [6.07, 6.45) is 4.83. The molecule has 132 valence electrons. The molecule has 0 heterocycles. The van der Waals surface area contributed by atoms with E-state index in [-0.39, 0.29) is 17.2 Å². The van der Waals surface area contributed by atoms with Crippen molar-refractivity contribution < 1.29 is 14.8 Å². The van der Waals surface area contributed by atoms with Crippen LogP contribution in [0.15, 0.2) is 47.5 Å². The zero-order chi connectivity index (χ0) is 18.8. The molecule has 1 aliphatic carbocycles. The molecule has 0 spiro atoms. The number of nitrogens with zero attached hydrogens (tertiary/aromatic N) is 1. The summed E-state index contributed by atoms with van der Waals surface area (Å²) in [7, 11) is 0. The molecule has 0 unspecified atom stereocenters. The molecule has 2 aromatic carbocycles. The third-order valence-corrected chi connectivity index (χ3v) is 4.52. The van der Waals surface area contributed by atoms with Crippen molar-refractivity contribution in [3.8, 4) is 5.75 Å². The Morgan fingerprint density at radius 1 is 1.00 bits per heavy atom. The molecule has 0 bridgehead atoms. The predicted molar refractivity (Wildman–Crippen MR) is 101 cm³/mol. The fourth-order valence-corrected chi connectivity index (χ4v) is 3.18. The van der Waals surface area contributed by atoms with Gasteiger partial charge in [0.05, 0.1) is 4.92 Å². The molecule has 0 radical (unpaired) electrons. The van der Waals surface area contributed by atoms with Crippen LogP contribution in [0, 0.1) is 24.0 Å². The molecule has 0 amide bonds. The van der Waals surface area contributed by atoms with E-state index in [1.54, 1.807) is 18.2 Å². The standard InChI is InChI=1S/C21H19NO4/c1-13-8-16(9-14(2)20(13)23)11-18-7-6-17(21(18)24)10-15-4-3-5-19(12-15)22(25)26/h3-5,8-12,23H,6-7H2,1-2H3/b17-10+,18-11-. The Morgan fingerprint density at radius 2 is 1.58 bits per heavy atom. The second kappa shape index (κ2) is 6.96. The monoisotopic (exact) mass is 349 g/mol. The summed E-state index contributed by atoms with van der Waals surface area (Å²) >= 11 is 0. The maximum absolute atomic E-state index is 12.6. The van der Waals surface area contributed by atoms with Gasteiger partial charge >= 0.3 is 0 Å². The Balaban J connectivity index is 1.88. The van der Waals surface area contributed by atoms with E-state index in [0.29, 0.717) is 29.6 Å². The van der Waals surface area contributed by atoms with Gasteiger partial charge < -0.3 is 5.11 Å². The summed E-state index contributed by atoms with van der Waals surface area (Å²) < 4.78 is 0. The number of phenolic OH excluding ortho intramolecular Hbond substituents is 1. The van der Waals surface area contributed by atoms with Gasteiger partial charge in [0.15, 0.2) is 5.78 Å². The van der Waals surface area contributed by atoms with Crippen LogP contribution in [0.5, 0.6) is 5.75 Å². The molecular weight excluding hydrogens is 330 g/mol. The normalized spacial score (nSPS) is 17.2. The van der Waals surface area contributed by atoms with Crippen LogP contribution in [0.4, 0.5) is 5.69 Å². The molecule has 5 nitrogen and oxygen atoms in total. The highest BCUT2D eigenvalue weighted by molar-refractivity contribution is 6.15. The maximum atomic E-state index is 12.6. The SMILES string of the molecule is Cc1cc(/C=C2/CC/C(=C\c3cccc([N+](=O)[O-])c3)C2=O)cc(C)c1O. The van der Waals surface area contributed by atoms with Crippen LogP contribution in [0.3, 0.4) is 0 Å². The van der Waals surface area contributed by atoms with Crippen molar-refractivity contribution in [2.75, 3.05) is 0 Å². The van der Waals surface area contributed by atoms with E-state index in [0.717, 1.165) is 16.7 Å². The number of allylic oxidation sites excluding steroid dienone is 2. The third kappa shape index (κ3) is 3.57. The number of carbonyl (C=O) groups excluding carboxylic acids is 1.